The van der Waals surface area contributed by atoms with E-state index >= 15 is 0 Å². The molecule has 170 valence electrons. The third-order valence-electron chi connectivity index (χ3n) is 6.29. The van der Waals surface area contributed by atoms with Gasteiger partial charge in [-0.15, -0.1) is 0 Å². The molecule has 32 heavy (non-hydrogen) atoms. The molecule has 0 heterocycles. The van der Waals surface area contributed by atoms with Crippen molar-refractivity contribution in [3.05, 3.63) is 93.5 Å². The molecule has 0 saturated heterocycles. The van der Waals surface area contributed by atoms with Crippen LogP contribution in [0.5, 0.6) is 11.5 Å². The first-order chi connectivity index (χ1) is 15.5. The molecule has 0 fully saturated rings. The van der Waals surface area contributed by atoms with Crippen LogP contribution in [0.1, 0.15) is 64.6 Å². The zero-order valence-corrected chi connectivity index (χ0v) is 19.1. The summed E-state index contributed by atoms with van der Waals surface area (Å²) in [6.45, 7) is 3.75. The average Bonchev–Trinajstić information content (AvgIpc) is 2.86. The number of ether oxygens (including phenoxy) is 2. The summed E-state index contributed by atoms with van der Waals surface area (Å²) < 4.78 is 11.0. The smallest absolute Gasteiger partial charge is 0.128 e. The molecule has 0 aliphatic carbocycles. The monoisotopic (exact) mass is 436 g/mol. The van der Waals surface area contributed by atoms with E-state index in [1.807, 2.05) is 48.5 Å². The summed E-state index contributed by atoms with van der Waals surface area (Å²) in [5.74, 6) is 1.37. The Morgan fingerprint density at radius 3 is 1.66 bits per heavy atom. The lowest BCUT2D eigenvalue weighted by Gasteiger charge is -2.26. The highest BCUT2D eigenvalue weighted by Gasteiger charge is 2.25. The van der Waals surface area contributed by atoms with Gasteiger partial charge in [-0.2, -0.15) is 0 Å². The first-order valence-corrected chi connectivity index (χ1v) is 10.8. The van der Waals surface area contributed by atoms with E-state index in [2.05, 4.69) is 19.9 Å². The van der Waals surface area contributed by atoms with Gasteiger partial charge in [0.2, 0.25) is 0 Å². The second-order valence-electron chi connectivity index (χ2n) is 7.98. The Labute approximate surface area is 189 Å². The van der Waals surface area contributed by atoms with E-state index in [0.29, 0.717) is 16.9 Å². The summed E-state index contributed by atoms with van der Waals surface area (Å²) in [5, 5.41) is 29.8. The first-order valence-electron chi connectivity index (χ1n) is 10.8. The van der Waals surface area contributed by atoms with Crippen LogP contribution in [0.2, 0.25) is 0 Å². The number of rotatable bonds is 9. The fourth-order valence-electron chi connectivity index (χ4n) is 4.27. The number of aliphatic hydroxyl groups is 3. The van der Waals surface area contributed by atoms with E-state index in [1.54, 1.807) is 14.2 Å². The zero-order chi connectivity index (χ0) is 23.3. The lowest BCUT2D eigenvalue weighted by molar-refractivity contribution is 0.252. The van der Waals surface area contributed by atoms with Gasteiger partial charge in [0.15, 0.2) is 0 Å². The van der Waals surface area contributed by atoms with Gasteiger partial charge in [-0.1, -0.05) is 56.3 Å². The number of benzene rings is 3. The maximum Gasteiger partial charge on any atom is 0.128 e. The van der Waals surface area contributed by atoms with E-state index < -0.39 is 0 Å². The zero-order valence-electron chi connectivity index (χ0n) is 19.1. The van der Waals surface area contributed by atoms with Crippen molar-refractivity contribution >= 4 is 0 Å². The minimum Gasteiger partial charge on any atom is -0.497 e. The summed E-state index contributed by atoms with van der Waals surface area (Å²) in [6, 6.07) is 17.8. The van der Waals surface area contributed by atoms with Crippen LogP contribution < -0.4 is 9.47 Å². The Morgan fingerprint density at radius 1 is 0.656 bits per heavy atom. The molecule has 0 amide bonds. The quantitative estimate of drug-likeness (QED) is 0.461. The lowest BCUT2D eigenvalue weighted by Crippen LogP contribution is -2.11. The Balaban J connectivity index is 2.15. The minimum atomic E-state index is -0.231. The number of methoxy groups -OCH3 is 2. The molecular formula is C27H32O5. The van der Waals surface area contributed by atoms with Crippen molar-refractivity contribution in [2.24, 2.45) is 0 Å². The SMILES string of the molecule is COc1ccc(C(C)c2cc(C(C)c3ccc(CO)cc3)c(CO)c(CO)c2OC)cc1. The second kappa shape index (κ2) is 10.6. The summed E-state index contributed by atoms with van der Waals surface area (Å²) in [7, 11) is 3.24. The molecule has 5 nitrogen and oxygen atoms in total. The van der Waals surface area contributed by atoms with Crippen LogP contribution in [0.25, 0.3) is 0 Å². The molecule has 3 N–H and O–H groups in total. The maximum absolute atomic E-state index is 10.2. The Kier molecular flexibility index (Phi) is 7.91. The van der Waals surface area contributed by atoms with Gasteiger partial charge in [-0.25, -0.2) is 0 Å². The highest BCUT2D eigenvalue weighted by atomic mass is 16.5. The summed E-state index contributed by atoms with van der Waals surface area (Å²) >= 11 is 0. The number of aliphatic hydroxyl groups excluding tert-OH is 3. The van der Waals surface area contributed by atoms with Crippen LogP contribution in [-0.2, 0) is 19.8 Å². The molecule has 0 bridgehead atoms. The topological polar surface area (TPSA) is 79.2 Å². The van der Waals surface area contributed by atoms with Crippen LogP contribution in [0, 0.1) is 0 Å². The molecule has 0 spiro atoms. The predicted octanol–water partition coefficient (Wildman–Crippen LogP) is 4.48. The van der Waals surface area contributed by atoms with Crippen molar-refractivity contribution in [1.82, 2.24) is 0 Å². The van der Waals surface area contributed by atoms with E-state index in [4.69, 9.17) is 9.47 Å². The Bertz CT molecular complexity index is 946. The second-order valence-corrected chi connectivity index (χ2v) is 7.98. The van der Waals surface area contributed by atoms with Crippen molar-refractivity contribution in [1.29, 1.82) is 0 Å². The molecule has 3 rings (SSSR count). The lowest BCUT2D eigenvalue weighted by atomic mass is 9.82. The van der Waals surface area contributed by atoms with Gasteiger partial charge >= 0.3 is 0 Å². The molecule has 3 aromatic carbocycles. The predicted molar refractivity (Wildman–Crippen MR) is 125 cm³/mol. The maximum atomic E-state index is 10.2. The van der Waals surface area contributed by atoms with Crippen molar-refractivity contribution in [2.45, 2.75) is 45.5 Å². The van der Waals surface area contributed by atoms with Gasteiger partial charge in [-0.3, -0.25) is 0 Å². The van der Waals surface area contributed by atoms with Crippen LogP contribution in [0.3, 0.4) is 0 Å². The molecule has 2 unspecified atom stereocenters. The standard InChI is InChI=1S/C27H32O5/c1-17(20-7-5-19(14-28)6-8-20)23-13-24(27(32-4)26(16-30)25(23)15-29)18(2)21-9-11-22(31-3)12-10-21/h5-13,17-18,28-30H,14-16H2,1-4H3. The van der Waals surface area contributed by atoms with Crippen molar-refractivity contribution in [3.8, 4) is 11.5 Å². The highest BCUT2D eigenvalue weighted by Crippen LogP contribution is 2.41. The number of hydrogen-bond donors (Lipinski definition) is 3. The van der Waals surface area contributed by atoms with E-state index in [0.717, 1.165) is 33.6 Å². The third kappa shape index (κ3) is 4.65. The number of hydrogen-bond acceptors (Lipinski definition) is 5. The van der Waals surface area contributed by atoms with Gasteiger partial charge < -0.3 is 24.8 Å². The van der Waals surface area contributed by atoms with Gasteiger partial charge in [0.25, 0.3) is 0 Å². The van der Waals surface area contributed by atoms with E-state index in [-0.39, 0.29) is 31.7 Å². The molecule has 0 aliphatic rings. The van der Waals surface area contributed by atoms with Gasteiger partial charge in [0.1, 0.15) is 11.5 Å². The highest BCUT2D eigenvalue weighted by molar-refractivity contribution is 5.56. The van der Waals surface area contributed by atoms with Crippen LogP contribution >= 0.6 is 0 Å². The molecule has 0 aromatic heterocycles. The summed E-state index contributed by atoms with van der Waals surface area (Å²) in [4.78, 5) is 0. The van der Waals surface area contributed by atoms with Crippen LogP contribution in [0.4, 0.5) is 0 Å². The normalized spacial score (nSPS) is 13.0. The molecule has 0 aliphatic heterocycles. The fourth-order valence-corrected chi connectivity index (χ4v) is 4.27. The molecule has 0 saturated carbocycles. The van der Waals surface area contributed by atoms with Crippen molar-refractivity contribution in [2.75, 3.05) is 14.2 Å². The minimum absolute atomic E-state index is 0.00271. The largest absolute Gasteiger partial charge is 0.497 e. The third-order valence-corrected chi connectivity index (χ3v) is 6.29. The summed E-state index contributed by atoms with van der Waals surface area (Å²) in [6.07, 6.45) is 0. The van der Waals surface area contributed by atoms with E-state index in [1.165, 1.54) is 0 Å². The molecule has 0 radical (unpaired) electrons. The Morgan fingerprint density at radius 2 is 1.19 bits per heavy atom. The van der Waals surface area contributed by atoms with Crippen LogP contribution in [-0.4, -0.2) is 29.5 Å². The van der Waals surface area contributed by atoms with Crippen LogP contribution in [0.15, 0.2) is 54.6 Å². The fraction of sp³-hybridized carbons (Fsp3) is 0.333. The van der Waals surface area contributed by atoms with Crippen molar-refractivity contribution in [3.63, 3.8) is 0 Å². The van der Waals surface area contributed by atoms with Gasteiger partial charge in [0.05, 0.1) is 34.0 Å². The average molecular weight is 437 g/mol. The first kappa shape index (κ1) is 23.8. The Hall–Kier alpha value is -2.86. The van der Waals surface area contributed by atoms with Gasteiger partial charge in [-0.05, 0) is 39.9 Å². The molecule has 2 atom stereocenters. The van der Waals surface area contributed by atoms with Gasteiger partial charge in [0, 0.05) is 23.0 Å². The molecule has 3 aromatic rings. The van der Waals surface area contributed by atoms with E-state index in [9.17, 15) is 15.3 Å². The molecular weight excluding hydrogens is 404 g/mol. The summed E-state index contributed by atoms with van der Waals surface area (Å²) in [5.41, 5.74) is 6.21. The van der Waals surface area contributed by atoms with Crippen molar-refractivity contribution < 1.29 is 24.8 Å². The molecule has 5 heteroatoms.